The molecule has 10 amide bonds. The van der Waals surface area contributed by atoms with Crippen molar-refractivity contribution in [2.75, 3.05) is 59.7 Å². The van der Waals surface area contributed by atoms with Gasteiger partial charge in [-0.05, 0) is 95.1 Å². The molecule has 29 heteroatoms. The molecule has 1 aromatic heterocycles. The number of carbonyl (C=O) groups is 12. The number of ether oxygens (including phenoxy) is 3. The highest BCUT2D eigenvalue weighted by atomic mass is 16.6. The Morgan fingerprint density at radius 3 is 1.49 bits per heavy atom. The van der Waals surface area contributed by atoms with E-state index in [9.17, 15) is 47.9 Å². The van der Waals surface area contributed by atoms with E-state index in [1.165, 1.54) is 80.7 Å². The molecular formula is C66H90N12O17. The summed E-state index contributed by atoms with van der Waals surface area (Å²) in [5.41, 5.74) is -1.74. The average Bonchev–Trinajstić information content (AvgIpc) is 1.27. The highest BCUT2D eigenvalue weighted by Crippen LogP contribution is 2.51. The van der Waals surface area contributed by atoms with E-state index in [1.807, 2.05) is 0 Å². The molecule has 2 aromatic carbocycles. The van der Waals surface area contributed by atoms with Crippen molar-refractivity contribution in [2.24, 2.45) is 23.7 Å². The lowest BCUT2D eigenvalue weighted by molar-refractivity contribution is -0.163. The summed E-state index contributed by atoms with van der Waals surface area (Å²) in [6.45, 7) is 20.4. The van der Waals surface area contributed by atoms with E-state index in [1.54, 1.807) is 69.2 Å². The van der Waals surface area contributed by atoms with Gasteiger partial charge in [-0.15, -0.1) is 0 Å². The predicted molar refractivity (Wildman–Crippen MR) is 344 cm³/mol. The largest absolute Gasteiger partial charge is 0.458 e. The highest BCUT2D eigenvalue weighted by Gasteiger charge is 2.47. The van der Waals surface area contributed by atoms with E-state index in [4.69, 9.17) is 18.6 Å². The molecule has 0 spiro atoms. The SMILES string of the molecule is CCc1nc2c(C(=O)NC3C(=O)NC(C(C)C)C(=O)N4CCCC4C(=O)N(C)CC(=O)N(C)C(C(C)C)C(=O)OC3C)c3c(c(C)c2oc1=O)Oc1c(C)ccc(C(=O)NC2C(=O)NC(C(C)C)C(=O)N4CCCC4C(=O)N(C)CC(=O)N(C)C(C(C)C)C(=O)OC2C)c1N3. The van der Waals surface area contributed by atoms with E-state index >= 15 is 14.4 Å². The molecule has 29 nitrogen and oxygen atoms in total. The summed E-state index contributed by atoms with van der Waals surface area (Å²) >= 11 is 0. The first-order valence-corrected chi connectivity index (χ1v) is 32.5. The molecule has 0 saturated carbocycles. The molecule has 3 aromatic rings. The van der Waals surface area contributed by atoms with E-state index in [-0.39, 0.29) is 83.1 Å². The molecule has 0 aliphatic carbocycles. The molecule has 10 atom stereocenters. The van der Waals surface area contributed by atoms with Gasteiger partial charge in [-0.1, -0.05) is 68.4 Å². The zero-order valence-corrected chi connectivity index (χ0v) is 57.2. The molecule has 516 valence electrons. The minimum atomic E-state index is -1.86. The number of aromatic nitrogens is 1. The van der Waals surface area contributed by atoms with Crippen LogP contribution in [-0.4, -0.2) is 220 Å². The van der Waals surface area contributed by atoms with Gasteiger partial charge in [0.15, 0.2) is 17.1 Å². The maximum atomic E-state index is 15.8. The number of hydrogen-bond donors (Lipinski definition) is 5. The van der Waals surface area contributed by atoms with Crippen LogP contribution in [0.2, 0.25) is 0 Å². The van der Waals surface area contributed by atoms with Crippen molar-refractivity contribution < 1.29 is 76.2 Å². The number of rotatable bonds is 9. The monoisotopic (exact) mass is 1320 g/mol. The fourth-order valence-electron chi connectivity index (χ4n) is 13.1. The molecule has 5 N–H and O–H groups in total. The van der Waals surface area contributed by atoms with Crippen LogP contribution < -0.4 is 36.9 Å². The van der Waals surface area contributed by atoms with Gasteiger partial charge in [0, 0.05) is 46.8 Å². The number of anilines is 2. The van der Waals surface area contributed by atoms with Crippen LogP contribution in [0.15, 0.2) is 21.3 Å². The minimum absolute atomic E-state index is 0.0123. The maximum absolute atomic E-state index is 15.8. The van der Waals surface area contributed by atoms with Crippen molar-refractivity contribution in [1.29, 1.82) is 0 Å². The van der Waals surface area contributed by atoms with Gasteiger partial charge in [0.2, 0.25) is 47.3 Å². The second-order valence-corrected chi connectivity index (χ2v) is 26.8. The summed E-state index contributed by atoms with van der Waals surface area (Å²) in [7, 11) is 5.62. The van der Waals surface area contributed by atoms with Crippen LogP contribution in [0.4, 0.5) is 11.4 Å². The van der Waals surface area contributed by atoms with Gasteiger partial charge in [0.25, 0.3) is 11.8 Å². The van der Waals surface area contributed by atoms with Gasteiger partial charge in [0.05, 0.1) is 35.6 Å². The number of likely N-dealkylation sites (N-methyl/N-ethyl adjacent to an activating group) is 4. The Morgan fingerprint density at radius 1 is 0.611 bits per heavy atom. The number of esters is 2. The smallest absolute Gasteiger partial charge is 0.358 e. The average molecular weight is 1320 g/mol. The molecule has 5 aliphatic heterocycles. The Hall–Kier alpha value is -9.18. The molecule has 8 rings (SSSR count). The number of nitrogens with one attached hydrogen (secondary N) is 5. The Bertz CT molecular complexity index is 3680. The first-order chi connectivity index (χ1) is 44.6. The topological polar surface area (TPSA) is 355 Å². The Kier molecular flexibility index (Phi) is 21.7. The zero-order chi connectivity index (χ0) is 70.3. The normalized spacial score (nSPS) is 25.7. The summed E-state index contributed by atoms with van der Waals surface area (Å²) in [6, 6.07) is -7.76. The van der Waals surface area contributed by atoms with Crippen molar-refractivity contribution in [3.63, 3.8) is 0 Å². The van der Waals surface area contributed by atoms with Crippen molar-refractivity contribution >= 4 is 93.5 Å². The first kappa shape index (κ1) is 71.7. The zero-order valence-electron chi connectivity index (χ0n) is 57.2. The lowest BCUT2D eigenvalue weighted by Crippen LogP contribution is -2.61. The van der Waals surface area contributed by atoms with Gasteiger partial charge in [-0.2, -0.15) is 0 Å². The highest BCUT2D eigenvalue weighted by molar-refractivity contribution is 6.15. The van der Waals surface area contributed by atoms with E-state index in [2.05, 4.69) is 31.6 Å². The van der Waals surface area contributed by atoms with Crippen molar-refractivity contribution in [3.05, 3.63) is 50.5 Å². The molecule has 6 heterocycles. The molecule has 4 fully saturated rings. The van der Waals surface area contributed by atoms with Crippen LogP contribution in [0, 0.1) is 37.5 Å². The van der Waals surface area contributed by atoms with Crippen LogP contribution in [0.25, 0.3) is 11.1 Å². The molecule has 4 saturated heterocycles. The Labute approximate surface area is 551 Å². The van der Waals surface area contributed by atoms with Crippen LogP contribution in [-0.2, 0) is 63.8 Å². The number of amides is 10. The molecule has 10 unspecified atom stereocenters. The Morgan fingerprint density at radius 2 is 1.06 bits per heavy atom. The lowest BCUT2D eigenvalue weighted by atomic mass is 9.98. The summed E-state index contributed by atoms with van der Waals surface area (Å²) in [4.78, 5) is 201. The summed E-state index contributed by atoms with van der Waals surface area (Å²) < 4.78 is 24.6. The van der Waals surface area contributed by atoms with Gasteiger partial charge in [-0.25, -0.2) is 19.4 Å². The third-order valence-corrected chi connectivity index (χ3v) is 18.6. The standard InChI is InChI=1S/C66H90N12O17/c1-18-38-64(89)95-55-34(11)54-50(43(49(55)67-38)57(82)72-47-36(13)93-66(91)52(32(8)9)76(17)42(80)28-74(15)61(86)40-22-20-26-78(40)63(88)45(30(4)5)70-59(47)84)68-48-37(24-23-33(10)53(48)94-54)56(81)71-46-35(12)92-65(90)51(31(6)7)75(16)41(79)27-73(14)60(85)39-21-19-25-77(39)62(87)44(29(2)3)69-58(46)83/h23-24,29-32,35-36,39-40,44-47,51-52,68H,18-22,25-28H2,1-17H3,(H,69,83)(H,70,84)(H,71,81)(H,72,82). The fraction of sp³-hybridized carbons (Fsp3) is 0.606. The van der Waals surface area contributed by atoms with Crippen molar-refractivity contribution in [3.8, 4) is 11.5 Å². The number of benzene rings is 2. The molecule has 5 aliphatic rings. The van der Waals surface area contributed by atoms with Crippen LogP contribution in [0.1, 0.15) is 139 Å². The van der Waals surface area contributed by atoms with Crippen LogP contribution >= 0.6 is 0 Å². The van der Waals surface area contributed by atoms with E-state index < -0.39 is 180 Å². The van der Waals surface area contributed by atoms with Crippen LogP contribution in [0.5, 0.6) is 11.5 Å². The van der Waals surface area contributed by atoms with Gasteiger partial charge < -0.3 is 74.6 Å². The quantitative estimate of drug-likeness (QED) is 0.150. The molecular weight excluding hydrogens is 1230 g/mol. The van der Waals surface area contributed by atoms with Gasteiger partial charge in [0.1, 0.15) is 71.8 Å². The number of carbonyl (C=O) groups excluding carboxylic acids is 12. The Balaban J connectivity index is 1.22. The number of nitrogens with zero attached hydrogens (tertiary/aromatic N) is 7. The first-order valence-electron chi connectivity index (χ1n) is 32.5. The van der Waals surface area contributed by atoms with E-state index in [0.717, 1.165) is 9.80 Å². The predicted octanol–water partition coefficient (Wildman–Crippen LogP) is 2.45. The second-order valence-electron chi connectivity index (χ2n) is 26.8. The third-order valence-electron chi connectivity index (χ3n) is 18.6. The van der Waals surface area contributed by atoms with Crippen molar-refractivity contribution in [1.82, 2.24) is 55.7 Å². The number of aryl methyl sites for hydroxylation is 3. The maximum Gasteiger partial charge on any atom is 0.358 e. The van der Waals surface area contributed by atoms with Gasteiger partial charge >= 0.3 is 17.6 Å². The summed E-state index contributed by atoms with van der Waals surface area (Å²) in [5, 5.41) is 14.2. The van der Waals surface area contributed by atoms with Crippen LogP contribution in [0.3, 0.4) is 0 Å². The molecule has 95 heavy (non-hydrogen) atoms. The summed E-state index contributed by atoms with van der Waals surface area (Å²) in [6.07, 6.45) is -1.62. The number of hydrogen-bond acceptors (Lipinski definition) is 19. The van der Waals surface area contributed by atoms with Gasteiger partial charge in [-0.3, -0.25) is 47.9 Å². The van der Waals surface area contributed by atoms with Crippen molar-refractivity contribution in [2.45, 2.75) is 183 Å². The third kappa shape index (κ3) is 14.3. The number of fused-ring (bicyclic) bond motifs is 5. The second kappa shape index (κ2) is 28.8. The number of cyclic esters (lactones) is 2. The summed E-state index contributed by atoms with van der Waals surface area (Å²) in [5.74, 6) is -11.9. The fourth-order valence-corrected chi connectivity index (χ4v) is 13.1. The van der Waals surface area contributed by atoms with E-state index in [0.29, 0.717) is 18.4 Å². The minimum Gasteiger partial charge on any atom is -0.458 e. The molecule has 0 bridgehead atoms. The lowest BCUT2D eigenvalue weighted by Gasteiger charge is -2.36. The molecule has 0 radical (unpaired) electrons.